The third kappa shape index (κ3) is 7.09. The molecule has 2 heterocycles. The number of hydrogen-bond donors (Lipinski definition) is 1. The van der Waals surface area contributed by atoms with Crippen molar-refractivity contribution in [2.45, 2.75) is 45.9 Å². The summed E-state index contributed by atoms with van der Waals surface area (Å²) in [4.78, 5) is 41.3. The van der Waals surface area contributed by atoms with Gasteiger partial charge in [0.15, 0.2) is 11.5 Å². The quantitative estimate of drug-likeness (QED) is 0.229. The Kier molecular flexibility index (Phi) is 8.92. The normalized spacial score (nSPS) is 12.2. The van der Waals surface area contributed by atoms with Gasteiger partial charge in [-0.05, 0) is 39.3 Å². The number of carbonyl (C=O) groups is 2. The molecule has 0 fully saturated rings. The van der Waals surface area contributed by atoms with E-state index in [1.54, 1.807) is 27.7 Å². The molecule has 210 valence electrons. The van der Waals surface area contributed by atoms with Crippen LogP contribution in [-0.2, 0) is 16.1 Å². The lowest BCUT2D eigenvalue weighted by atomic mass is 10.2. The molecule has 0 unspecified atom stereocenters. The fraction of sp³-hybridized carbons (Fsp3) is 0.417. The molecular weight excluding hydrogens is 539 g/mol. The summed E-state index contributed by atoms with van der Waals surface area (Å²) in [5.74, 6) is -1.65. The lowest BCUT2D eigenvalue weighted by Gasteiger charge is -2.24. The van der Waals surface area contributed by atoms with Gasteiger partial charge in [0, 0.05) is 25.2 Å². The number of amides is 2. The van der Waals surface area contributed by atoms with Gasteiger partial charge in [-0.15, -0.1) is 0 Å². The molecule has 13 nitrogen and oxygen atoms in total. The van der Waals surface area contributed by atoms with Gasteiger partial charge in [-0.1, -0.05) is 11.6 Å². The minimum Gasteiger partial charge on any atom is -0.488 e. The predicted octanol–water partition coefficient (Wildman–Crippen LogP) is 4.15. The van der Waals surface area contributed by atoms with Crippen LogP contribution in [0.3, 0.4) is 0 Å². The van der Waals surface area contributed by atoms with Gasteiger partial charge in [0.2, 0.25) is 5.75 Å². The van der Waals surface area contributed by atoms with Crippen molar-refractivity contribution < 1.29 is 33.1 Å². The molecular formula is C24H28ClFN6O7. The van der Waals surface area contributed by atoms with E-state index in [0.29, 0.717) is 0 Å². The van der Waals surface area contributed by atoms with Gasteiger partial charge < -0.3 is 19.5 Å². The van der Waals surface area contributed by atoms with Crippen LogP contribution in [0, 0.1) is 15.9 Å². The monoisotopic (exact) mass is 566 g/mol. The molecule has 0 aliphatic carbocycles. The first-order valence-electron chi connectivity index (χ1n) is 11.6. The summed E-state index contributed by atoms with van der Waals surface area (Å²) >= 11 is 6.17. The number of ether oxygens (including phenoxy) is 3. The largest absolute Gasteiger partial charge is 0.488 e. The van der Waals surface area contributed by atoms with Crippen LogP contribution < -0.4 is 15.0 Å². The second kappa shape index (κ2) is 11.8. The summed E-state index contributed by atoms with van der Waals surface area (Å²) in [6, 6.07) is 3.13. The molecule has 0 saturated carbocycles. The van der Waals surface area contributed by atoms with Crippen LogP contribution >= 0.6 is 11.6 Å². The molecule has 1 aromatic carbocycles. The Balaban J connectivity index is 1.69. The molecule has 39 heavy (non-hydrogen) atoms. The fourth-order valence-electron chi connectivity index (χ4n) is 3.49. The Hall–Kier alpha value is -4.04. The Morgan fingerprint density at radius 2 is 2.00 bits per heavy atom. The zero-order valence-corrected chi connectivity index (χ0v) is 22.9. The number of carbonyl (C=O) groups excluding carboxylic acids is 2. The lowest BCUT2D eigenvalue weighted by Crippen LogP contribution is -2.36. The van der Waals surface area contributed by atoms with Crippen molar-refractivity contribution in [3.8, 4) is 5.75 Å². The summed E-state index contributed by atoms with van der Waals surface area (Å²) in [5.41, 5.74) is -0.823. The van der Waals surface area contributed by atoms with Gasteiger partial charge in [-0.3, -0.25) is 19.8 Å². The minimum absolute atomic E-state index is 0.00716. The molecule has 2 amide bonds. The van der Waals surface area contributed by atoms with E-state index >= 15 is 0 Å². The van der Waals surface area contributed by atoms with Crippen LogP contribution in [0.2, 0.25) is 5.15 Å². The van der Waals surface area contributed by atoms with E-state index in [1.165, 1.54) is 28.7 Å². The van der Waals surface area contributed by atoms with Crippen LogP contribution in [-0.4, -0.2) is 63.9 Å². The number of nitrogens with one attached hydrogen (secondary N) is 1. The van der Waals surface area contributed by atoms with Gasteiger partial charge in [0.1, 0.15) is 22.1 Å². The SMILES string of the molecule is COc1c(F)cc(COC[C@@H](C)NC(=O)c2cnn3c(N(C)C(=O)OC(C)(C)C)cc(Cl)nc23)cc1[N+](=O)[O-]. The number of hydrogen-bond acceptors (Lipinski definition) is 9. The minimum atomic E-state index is -0.886. The van der Waals surface area contributed by atoms with Crippen molar-refractivity contribution in [3.63, 3.8) is 0 Å². The highest BCUT2D eigenvalue weighted by atomic mass is 35.5. The van der Waals surface area contributed by atoms with E-state index in [0.717, 1.165) is 19.2 Å². The Morgan fingerprint density at radius 3 is 2.62 bits per heavy atom. The fourth-order valence-corrected chi connectivity index (χ4v) is 3.67. The summed E-state index contributed by atoms with van der Waals surface area (Å²) < 4.78 is 31.1. The summed E-state index contributed by atoms with van der Waals surface area (Å²) in [6.07, 6.45) is 0.633. The first-order chi connectivity index (χ1) is 18.2. The third-order valence-corrected chi connectivity index (χ3v) is 5.37. The van der Waals surface area contributed by atoms with Gasteiger partial charge >= 0.3 is 11.8 Å². The number of methoxy groups -OCH3 is 1. The smallest absolute Gasteiger partial charge is 0.415 e. The van der Waals surface area contributed by atoms with Gasteiger partial charge in [0.05, 0.1) is 31.4 Å². The zero-order valence-electron chi connectivity index (χ0n) is 22.2. The van der Waals surface area contributed by atoms with Crippen LogP contribution in [0.4, 0.5) is 20.7 Å². The number of benzene rings is 1. The maximum atomic E-state index is 14.1. The Bertz CT molecular complexity index is 1410. The van der Waals surface area contributed by atoms with Crippen molar-refractivity contribution >= 4 is 40.8 Å². The molecule has 0 aliphatic heterocycles. The highest BCUT2D eigenvalue weighted by Gasteiger charge is 2.25. The first-order valence-corrected chi connectivity index (χ1v) is 12.0. The third-order valence-electron chi connectivity index (χ3n) is 5.18. The number of fused-ring (bicyclic) bond motifs is 1. The molecule has 1 atom stereocenters. The molecule has 0 bridgehead atoms. The highest BCUT2D eigenvalue weighted by Crippen LogP contribution is 2.31. The number of nitro groups is 1. The average Bonchev–Trinajstić information content (AvgIpc) is 3.25. The number of nitro benzene ring substituents is 1. The highest BCUT2D eigenvalue weighted by molar-refractivity contribution is 6.30. The standard InChI is InChI=1S/C24H28ClFN6O7/c1-13(11-38-12-14-7-16(26)20(37-6)17(8-14)32(35)36)28-22(33)15-10-27-31-19(9-18(25)29-21(15)31)30(5)23(34)39-24(2,3)4/h7-10,13H,11-12H2,1-6H3,(H,28,33)/t13-/m1/s1. The number of anilines is 1. The topological polar surface area (TPSA) is 150 Å². The van der Waals surface area contributed by atoms with Crippen molar-refractivity contribution in [2.24, 2.45) is 0 Å². The van der Waals surface area contributed by atoms with E-state index in [4.69, 9.17) is 25.8 Å². The molecule has 0 saturated heterocycles. The van der Waals surface area contributed by atoms with E-state index in [9.17, 15) is 24.1 Å². The summed E-state index contributed by atoms with van der Waals surface area (Å²) in [7, 11) is 2.61. The van der Waals surface area contributed by atoms with Crippen molar-refractivity contribution in [3.05, 3.63) is 56.6 Å². The van der Waals surface area contributed by atoms with Crippen LogP contribution in [0.1, 0.15) is 43.6 Å². The second-order valence-corrected chi connectivity index (χ2v) is 9.93. The number of halogens is 2. The van der Waals surface area contributed by atoms with Crippen LogP contribution in [0.25, 0.3) is 5.65 Å². The van der Waals surface area contributed by atoms with Gasteiger partial charge in [-0.25, -0.2) is 14.2 Å². The summed E-state index contributed by atoms with van der Waals surface area (Å²) in [5, 5.41) is 18.1. The molecule has 2 aromatic heterocycles. The van der Waals surface area contributed by atoms with E-state index in [2.05, 4.69) is 15.4 Å². The molecule has 1 N–H and O–H groups in total. The first kappa shape index (κ1) is 29.5. The maximum Gasteiger partial charge on any atom is 0.415 e. The van der Waals surface area contributed by atoms with Crippen molar-refractivity contribution in [1.29, 1.82) is 0 Å². The van der Waals surface area contributed by atoms with Crippen molar-refractivity contribution in [1.82, 2.24) is 19.9 Å². The molecule has 0 radical (unpaired) electrons. The lowest BCUT2D eigenvalue weighted by molar-refractivity contribution is -0.386. The van der Waals surface area contributed by atoms with Gasteiger partial charge in [0.25, 0.3) is 5.91 Å². The molecule has 3 rings (SSSR count). The van der Waals surface area contributed by atoms with Crippen LogP contribution in [0.15, 0.2) is 24.4 Å². The zero-order chi connectivity index (χ0) is 29.1. The average molecular weight is 567 g/mol. The van der Waals surface area contributed by atoms with Crippen LogP contribution in [0.5, 0.6) is 5.75 Å². The second-order valence-electron chi connectivity index (χ2n) is 9.55. The maximum absolute atomic E-state index is 14.1. The van der Waals surface area contributed by atoms with Crippen molar-refractivity contribution in [2.75, 3.05) is 25.7 Å². The predicted molar refractivity (Wildman–Crippen MR) is 139 cm³/mol. The van der Waals surface area contributed by atoms with E-state index < -0.39 is 45.8 Å². The number of rotatable bonds is 9. The van der Waals surface area contributed by atoms with Gasteiger partial charge in [-0.2, -0.15) is 9.61 Å². The molecule has 0 spiro atoms. The Morgan fingerprint density at radius 1 is 1.31 bits per heavy atom. The molecule has 0 aliphatic rings. The molecule has 15 heteroatoms. The number of aromatic nitrogens is 3. The van der Waals surface area contributed by atoms with E-state index in [1.807, 2.05) is 0 Å². The van der Waals surface area contributed by atoms with E-state index in [-0.39, 0.29) is 41.0 Å². The molecule has 3 aromatic rings. The summed E-state index contributed by atoms with van der Waals surface area (Å²) in [6.45, 7) is 6.73. The number of nitrogens with zero attached hydrogens (tertiary/aromatic N) is 5. The Labute approximate surface area is 227 Å².